The second kappa shape index (κ2) is 7.03. The molecule has 2 unspecified atom stereocenters. The first-order valence-corrected chi connectivity index (χ1v) is 7.04. The molecule has 6 nitrogen and oxygen atoms in total. The van der Waals surface area contributed by atoms with Gasteiger partial charge >= 0.3 is 0 Å². The third-order valence-electron chi connectivity index (χ3n) is 3.89. The van der Waals surface area contributed by atoms with Crippen LogP contribution in [0, 0.1) is 5.92 Å². The van der Waals surface area contributed by atoms with E-state index in [1.807, 2.05) is 6.07 Å². The fraction of sp³-hybridized carbons (Fsp3) is 0.500. The molecule has 2 atom stereocenters. The van der Waals surface area contributed by atoms with Gasteiger partial charge in [0.1, 0.15) is 5.82 Å². The third kappa shape index (κ3) is 3.43. The van der Waals surface area contributed by atoms with E-state index in [2.05, 4.69) is 32.5 Å². The van der Waals surface area contributed by atoms with Crippen molar-refractivity contribution in [1.29, 1.82) is 0 Å². The van der Waals surface area contributed by atoms with Gasteiger partial charge < -0.3 is 20.6 Å². The number of rotatable bonds is 4. The molecule has 7 heteroatoms. The molecule has 1 fully saturated rings. The summed E-state index contributed by atoms with van der Waals surface area (Å²) < 4.78 is 0. The minimum atomic E-state index is 0. The Morgan fingerprint density at radius 2 is 2.29 bits per heavy atom. The van der Waals surface area contributed by atoms with Crippen LogP contribution in [0.25, 0.3) is 11.0 Å². The summed E-state index contributed by atoms with van der Waals surface area (Å²) in [5.74, 6) is 0.894. The fourth-order valence-electron chi connectivity index (χ4n) is 2.61. The van der Waals surface area contributed by atoms with E-state index in [4.69, 9.17) is 0 Å². The molecule has 1 saturated heterocycles. The molecule has 3 heterocycles. The Balaban J connectivity index is 0.00000161. The Hall–Kier alpha value is -1.42. The first kappa shape index (κ1) is 16.0. The summed E-state index contributed by atoms with van der Waals surface area (Å²) >= 11 is 0. The molecule has 2 N–H and O–H groups in total. The van der Waals surface area contributed by atoms with E-state index in [0.29, 0.717) is 18.2 Å². The molecule has 0 radical (unpaired) electrons. The molecule has 1 amide bonds. The van der Waals surface area contributed by atoms with E-state index in [1.165, 1.54) is 6.33 Å². The van der Waals surface area contributed by atoms with Crippen LogP contribution in [0.3, 0.4) is 0 Å². The van der Waals surface area contributed by atoms with Gasteiger partial charge in [-0.25, -0.2) is 4.98 Å². The number of aromatic nitrogens is 3. The summed E-state index contributed by atoms with van der Waals surface area (Å²) in [6, 6.07) is 2.22. The number of amides is 1. The van der Waals surface area contributed by atoms with Crippen LogP contribution in [0.5, 0.6) is 0 Å². The zero-order valence-electron chi connectivity index (χ0n) is 11.8. The van der Waals surface area contributed by atoms with Crippen molar-refractivity contribution in [2.45, 2.75) is 32.2 Å². The Bertz CT molecular complexity index is 614. The summed E-state index contributed by atoms with van der Waals surface area (Å²) in [5, 5.41) is 7.21. The maximum Gasteiger partial charge on any atom is 0.225 e. The first-order valence-electron chi connectivity index (χ1n) is 7.04. The summed E-state index contributed by atoms with van der Waals surface area (Å²) in [4.78, 5) is 24.5. The number of hydrogen-bond donors (Lipinski definition) is 2. The van der Waals surface area contributed by atoms with Crippen LogP contribution in [0.2, 0.25) is 0 Å². The van der Waals surface area contributed by atoms with Gasteiger partial charge in [0.2, 0.25) is 5.91 Å². The zero-order valence-corrected chi connectivity index (χ0v) is 14.1. The largest absolute Gasteiger partial charge is 0.442 e. The number of nitrogens with one attached hydrogen (secondary N) is 2. The fourth-order valence-corrected chi connectivity index (χ4v) is 2.61. The average molecular weight is 467 g/mol. The van der Waals surface area contributed by atoms with Crippen molar-refractivity contribution >= 4 is 22.8 Å². The number of anilines is 1. The van der Waals surface area contributed by atoms with E-state index >= 15 is 0 Å². The van der Waals surface area contributed by atoms with Crippen molar-refractivity contribution in [2.24, 2.45) is 5.92 Å². The van der Waals surface area contributed by atoms with Gasteiger partial charge in [0.05, 0.1) is 5.92 Å². The molecular weight excluding hydrogens is 449 g/mol. The van der Waals surface area contributed by atoms with Gasteiger partial charge in [-0.05, 0) is 24.9 Å². The summed E-state index contributed by atoms with van der Waals surface area (Å²) in [6.07, 6.45) is 6.17. The molecule has 2 aromatic heterocycles. The van der Waals surface area contributed by atoms with Gasteiger partial charge in [-0.1, -0.05) is 19.2 Å². The Kier molecular flexibility index (Phi) is 5.34. The minimum absolute atomic E-state index is 0. The molecule has 1 aliphatic heterocycles. The van der Waals surface area contributed by atoms with E-state index in [1.54, 1.807) is 6.20 Å². The molecule has 1 aliphatic rings. The number of piperidine rings is 1. The van der Waals surface area contributed by atoms with Gasteiger partial charge in [-0.15, -0.1) is 0 Å². The second-order valence-electron chi connectivity index (χ2n) is 5.17. The molecule has 0 spiro atoms. The molecule has 2 aromatic rings. The van der Waals surface area contributed by atoms with Crippen LogP contribution in [0.4, 0.5) is 5.82 Å². The Morgan fingerprint density at radius 1 is 1.43 bits per heavy atom. The number of hydrogen-bond acceptors (Lipinski definition) is 4. The van der Waals surface area contributed by atoms with Crippen molar-refractivity contribution in [1.82, 2.24) is 20.3 Å². The Labute approximate surface area is 137 Å². The van der Waals surface area contributed by atoms with Gasteiger partial charge in [0, 0.05) is 45.4 Å². The molecule has 0 saturated carbocycles. The standard InChI is InChI=1S/C14H19N5O.Pt/c1-2-10-4-3-9(14(20)19-10)7-16-13-11-5-6-15-12(11)17-8-18-13;/h5-6,8-10H,2-4,7H2,1H3,(H3,15,16,17,18,19,20);/p-1. The van der Waals surface area contributed by atoms with Gasteiger partial charge in [0.15, 0.2) is 0 Å². The van der Waals surface area contributed by atoms with Crippen LogP contribution < -0.4 is 15.6 Å². The zero-order chi connectivity index (χ0) is 13.9. The van der Waals surface area contributed by atoms with Gasteiger partial charge in [-0.2, -0.15) is 0 Å². The van der Waals surface area contributed by atoms with Crippen LogP contribution in [-0.2, 0) is 25.9 Å². The SMILES string of the molecule is CCC1CCC(CNc2ncnc3[n-]ccc23)C(=O)N1.[Pt]. The van der Waals surface area contributed by atoms with Crippen molar-refractivity contribution in [3.05, 3.63) is 18.6 Å². The van der Waals surface area contributed by atoms with Gasteiger partial charge in [-0.3, -0.25) is 4.79 Å². The Morgan fingerprint density at radius 3 is 3.05 bits per heavy atom. The quantitative estimate of drug-likeness (QED) is 0.709. The summed E-state index contributed by atoms with van der Waals surface area (Å²) in [6.45, 7) is 2.70. The van der Waals surface area contributed by atoms with Crippen LogP contribution >= 0.6 is 0 Å². The molecule has 0 aliphatic carbocycles. The normalized spacial score (nSPS) is 21.7. The third-order valence-corrected chi connectivity index (χ3v) is 3.89. The predicted octanol–water partition coefficient (Wildman–Crippen LogP) is 1.30. The molecule has 3 rings (SSSR count). The van der Waals surface area contributed by atoms with Crippen LogP contribution in [0.15, 0.2) is 18.6 Å². The topological polar surface area (TPSA) is 81.0 Å². The average Bonchev–Trinajstić information content (AvgIpc) is 2.95. The summed E-state index contributed by atoms with van der Waals surface area (Å²) in [5.41, 5.74) is 0.682. The number of nitrogens with zero attached hydrogens (tertiary/aromatic N) is 3. The summed E-state index contributed by atoms with van der Waals surface area (Å²) in [7, 11) is 0. The van der Waals surface area contributed by atoms with Gasteiger partial charge in [0.25, 0.3) is 0 Å². The molecular formula is C14H18N5OPt-. The molecule has 0 aromatic carbocycles. The molecule has 116 valence electrons. The molecule has 21 heavy (non-hydrogen) atoms. The number of carbonyl (C=O) groups is 1. The monoisotopic (exact) mass is 467 g/mol. The van der Waals surface area contributed by atoms with Crippen LogP contribution in [-0.4, -0.2) is 28.5 Å². The first-order chi connectivity index (χ1) is 9.78. The maximum atomic E-state index is 12.0. The number of carbonyl (C=O) groups excluding carboxylic acids is 1. The van der Waals surface area contributed by atoms with Crippen molar-refractivity contribution in [2.75, 3.05) is 11.9 Å². The van der Waals surface area contributed by atoms with E-state index < -0.39 is 0 Å². The van der Waals surface area contributed by atoms with E-state index in [-0.39, 0.29) is 32.9 Å². The van der Waals surface area contributed by atoms with Crippen molar-refractivity contribution in [3.63, 3.8) is 0 Å². The predicted molar refractivity (Wildman–Crippen MR) is 76.3 cm³/mol. The van der Waals surface area contributed by atoms with Crippen molar-refractivity contribution < 1.29 is 25.9 Å². The van der Waals surface area contributed by atoms with E-state index in [9.17, 15) is 4.79 Å². The minimum Gasteiger partial charge on any atom is -0.442 e. The number of fused-ring (bicyclic) bond motifs is 1. The maximum absolute atomic E-state index is 12.0. The second-order valence-corrected chi connectivity index (χ2v) is 5.17. The smallest absolute Gasteiger partial charge is 0.225 e. The molecule has 0 bridgehead atoms. The van der Waals surface area contributed by atoms with Crippen LogP contribution in [0.1, 0.15) is 26.2 Å². The van der Waals surface area contributed by atoms with E-state index in [0.717, 1.165) is 30.5 Å². The van der Waals surface area contributed by atoms with Crippen molar-refractivity contribution in [3.8, 4) is 0 Å².